The van der Waals surface area contributed by atoms with Gasteiger partial charge in [0.1, 0.15) is 0 Å². The quantitative estimate of drug-likeness (QED) is 0.775. The van der Waals surface area contributed by atoms with E-state index >= 15 is 0 Å². The van der Waals surface area contributed by atoms with Crippen molar-refractivity contribution in [3.63, 3.8) is 0 Å². The molecule has 0 aliphatic heterocycles. The summed E-state index contributed by atoms with van der Waals surface area (Å²) in [6.07, 6.45) is 2.63. The van der Waals surface area contributed by atoms with Crippen LogP contribution in [0.4, 0.5) is 11.4 Å². The van der Waals surface area contributed by atoms with Gasteiger partial charge in [0.2, 0.25) is 0 Å². The predicted octanol–water partition coefficient (Wildman–Crippen LogP) is 2.15. The predicted molar refractivity (Wildman–Crippen MR) is 72.2 cm³/mol. The van der Waals surface area contributed by atoms with Crippen LogP contribution in [0.2, 0.25) is 0 Å². The minimum atomic E-state index is -0.749. The fourth-order valence-corrected chi connectivity index (χ4v) is 1.86. The van der Waals surface area contributed by atoms with Gasteiger partial charge in [0.15, 0.2) is 0 Å². The van der Waals surface area contributed by atoms with Crippen LogP contribution in [0, 0.1) is 6.92 Å². The Morgan fingerprint density at radius 3 is 2.81 bits per heavy atom. The Morgan fingerprint density at radius 2 is 2.19 bits per heavy atom. The van der Waals surface area contributed by atoms with Crippen LogP contribution in [-0.4, -0.2) is 22.3 Å². The van der Waals surface area contributed by atoms with Crippen molar-refractivity contribution >= 4 is 22.2 Å². The van der Waals surface area contributed by atoms with E-state index in [9.17, 15) is 4.21 Å². The first-order valence-corrected chi connectivity index (χ1v) is 7.05. The molecule has 0 spiro atoms. The summed E-state index contributed by atoms with van der Waals surface area (Å²) < 4.78 is 11.2. The number of nitrogens with one attached hydrogen (secondary N) is 1. The lowest BCUT2D eigenvalue weighted by atomic mass is 10.1. The first kappa shape index (κ1) is 13.0. The zero-order valence-corrected chi connectivity index (χ0v) is 10.9. The summed E-state index contributed by atoms with van der Waals surface area (Å²) in [6.45, 7) is 4.79. The topological polar surface area (TPSA) is 55.1 Å². The molecule has 0 bridgehead atoms. The third-order valence-electron chi connectivity index (χ3n) is 2.76. The van der Waals surface area contributed by atoms with Crippen LogP contribution in [0.3, 0.4) is 0 Å². The Balaban J connectivity index is 2.49. The van der Waals surface area contributed by atoms with Crippen molar-refractivity contribution in [2.45, 2.75) is 25.5 Å². The normalized spacial score (nSPS) is 14.4. The fraction of sp³-hybridized carbons (Fsp3) is 0.500. The van der Waals surface area contributed by atoms with E-state index in [2.05, 4.69) is 5.32 Å². The highest BCUT2D eigenvalue weighted by Crippen LogP contribution is 2.21. The first-order valence-electron chi connectivity index (χ1n) is 5.43. The number of aryl methyl sites for hydroxylation is 1. The maximum absolute atomic E-state index is 11.2. The number of anilines is 2. The lowest BCUT2D eigenvalue weighted by Gasteiger charge is -2.13. The number of hydrogen-bond acceptors (Lipinski definition) is 3. The molecule has 90 valence electrons. The summed E-state index contributed by atoms with van der Waals surface area (Å²) in [5, 5.41) is 3.50. The maximum atomic E-state index is 11.2. The van der Waals surface area contributed by atoms with Crippen LogP contribution in [-0.2, 0) is 10.8 Å². The molecule has 0 radical (unpaired) electrons. The van der Waals surface area contributed by atoms with Crippen LogP contribution in [0.25, 0.3) is 0 Å². The fourth-order valence-electron chi connectivity index (χ4n) is 1.41. The molecule has 0 saturated heterocycles. The van der Waals surface area contributed by atoms with Gasteiger partial charge in [-0.1, -0.05) is 19.1 Å². The van der Waals surface area contributed by atoms with E-state index in [1.165, 1.54) is 0 Å². The number of para-hydroxylation sites is 1. The van der Waals surface area contributed by atoms with Crippen molar-refractivity contribution in [3.8, 4) is 0 Å². The molecule has 0 aliphatic rings. The number of nitrogen functional groups attached to an aromatic ring is 1. The van der Waals surface area contributed by atoms with Crippen molar-refractivity contribution in [1.29, 1.82) is 0 Å². The monoisotopic (exact) mass is 240 g/mol. The van der Waals surface area contributed by atoms with Crippen LogP contribution in [0.1, 0.15) is 18.9 Å². The highest BCUT2D eigenvalue weighted by atomic mass is 32.2. The molecule has 1 aromatic carbocycles. The molecule has 0 amide bonds. The summed E-state index contributed by atoms with van der Waals surface area (Å²) in [4.78, 5) is 0. The first-order chi connectivity index (χ1) is 7.52. The van der Waals surface area contributed by atoms with Crippen molar-refractivity contribution in [2.75, 3.05) is 23.9 Å². The molecule has 0 fully saturated rings. The standard InChI is InChI=1S/C12H20N2OS/c1-9-5-4-6-11(12(9)13)14-8-7-10(2)16(3)15/h4-6,10,14H,7-8,13H2,1-3H3. The van der Waals surface area contributed by atoms with Gasteiger partial charge in [-0.25, -0.2) is 0 Å². The second-order valence-corrected chi connectivity index (χ2v) is 5.86. The lowest BCUT2D eigenvalue weighted by molar-refractivity contribution is 0.672. The van der Waals surface area contributed by atoms with Gasteiger partial charge in [-0.15, -0.1) is 0 Å². The number of benzene rings is 1. The summed E-state index contributed by atoms with van der Waals surface area (Å²) in [5.41, 5.74) is 8.78. The minimum Gasteiger partial charge on any atom is -0.397 e. The van der Waals surface area contributed by atoms with Gasteiger partial charge in [0, 0.05) is 28.9 Å². The van der Waals surface area contributed by atoms with Crippen molar-refractivity contribution in [1.82, 2.24) is 0 Å². The molecule has 4 heteroatoms. The molecule has 0 heterocycles. The average molecular weight is 240 g/mol. The van der Waals surface area contributed by atoms with E-state index in [0.717, 1.165) is 29.9 Å². The van der Waals surface area contributed by atoms with Gasteiger partial charge in [-0.3, -0.25) is 4.21 Å². The molecule has 2 atom stereocenters. The molecule has 3 nitrogen and oxygen atoms in total. The van der Waals surface area contributed by atoms with Gasteiger partial charge in [0.05, 0.1) is 11.4 Å². The second-order valence-electron chi connectivity index (χ2n) is 4.06. The third kappa shape index (κ3) is 3.52. The Bertz CT molecular complexity index is 379. The van der Waals surface area contributed by atoms with Gasteiger partial charge in [-0.2, -0.15) is 0 Å². The van der Waals surface area contributed by atoms with Gasteiger partial charge < -0.3 is 11.1 Å². The molecular formula is C12H20N2OS. The highest BCUT2D eigenvalue weighted by Gasteiger charge is 2.06. The molecule has 1 aromatic rings. The molecule has 0 aromatic heterocycles. The molecule has 2 unspecified atom stereocenters. The average Bonchev–Trinajstić information content (AvgIpc) is 2.24. The maximum Gasteiger partial charge on any atom is 0.0579 e. The van der Waals surface area contributed by atoms with Gasteiger partial charge >= 0.3 is 0 Å². The van der Waals surface area contributed by atoms with Crippen LogP contribution < -0.4 is 11.1 Å². The minimum absolute atomic E-state index is 0.221. The molecule has 16 heavy (non-hydrogen) atoms. The van der Waals surface area contributed by atoms with Crippen molar-refractivity contribution in [3.05, 3.63) is 23.8 Å². The molecular weight excluding hydrogens is 220 g/mol. The molecule has 3 N–H and O–H groups in total. The Morgan fingerprint density at radius 1 is 1.50 bits per heavy atom. The molecule has 0 aliphatic carbocycles. The summed E-state index contributed by atoms with van der Waals surface area (Å²) in [7, 11) is -0.749. The van der Waals surface area contributed by atoms with Crippen LogP contribution in [0.15, 0.2) is 18.2 Å². The van der Waals surface area contributed by atoms with Crippen LogP contribution >= 0.6 is 0 Å². The van der Waals surface area contributed by atoms with E-state index in [4.69, 9.17) is 5.73 Å². The van der Waals surface area contributed by atoms with E-state index in [1.54, 1.807) is 6.26 Å². The Labute approximate surface area is 99.9 Å². The third-order valence-corrected chi connectivity index (χ3v) is 4.13. The van der Waals surface area contributed by atoms with Gasteiger partial charge in [-0.05, 0) is 25.0 Å². The van der Waals surface area contributed by atoms with Crippen molar-refractivity contribution < 1.29 is 4.21 Å². The SMILES string of the molecule is Cc1cccc(NCCC(C)S(C)=O)c1N. The lowest BCUT2D eigenvalue weighted by Crippen LogP contribution is -2.15. The number of hydrogen-bond donors (Lipinski definition) is 2. The highest BCUT2D eigenvalue weighted by molar-refractivity contribution is 7.84. The van der Waals surface area contributed by atoms with E-state index in [0.29, 0.717) is 0 Å². The van der Waals surface area contributed by atoms with E-state index in [1.807, 2.05) is 32.0 Å². The molecule has 0 saturated carbocycles. The summed E-state index contributed by atoms with van der Waals surface area (Å²) in [5.74, 6) is 0. The van der Waals surface area contributed by atoms with Crippen LogP contribution in [0.5, 0.6) is 0 Å². The van der Waals surface area contributed by atoms with Gasteiger partial charge in [0.25, 0.3) is 0 Å². The van der Waals surface area contributed by atoms with Crippen molar-refractivity contribution in [2.24, 2.45) is 0 Å². The number of nitrogens with two attached hydrogens (primary N) is 1. The second kappa shape index (κ2) is 5.89. The van der Waals surface area contributed by atoms with E-state index in [-0.39, 0.29) is 5.25 Å². The molecule has 1 rings (SSSR count). The summed E-state index contributed by atoms with van der Waals surface area (Å²) in [6, 6.07) is 5.94. The Hall–Kier alpha value is -1.03. The zero-order valence-electron chi connectivity index (χ0n) is 10.1. The Kier molecular flexibility index (Phi) is 4.80. The number of rotatable bonds is 5. The van der Waals surface area contributed by atoms with E-state index < -0.39 is 10.8 Å². The summed E-state index contributed by atoms with van der Waals surface area (Å²) >= 11 is 0. The smallest absolute Gasteiger partial charge is 0.0579 e. The largest absolute Gasteiger partial charge is 0.397 e. The zero-order chi connectivity index (χ0) is 12.1.